The molecule has 0 saturated carbocycles. The van der Waals surface area contributed by atoms with Crippen LogP contribution < -0.4 is 10.5 Å². The molecule has 1 aliphatic rings. The van der Waals surface area contributed by atoms with Crippen molar-refractivity contribution in [3.63, 3.8) is 0 Å². The van der Waals surface area contributed by atoms with Crippen LogP contribution >= 0.6 is 23.2 Å². The molecule has 1 unspecified atom stereocenters. The van der Waals surface area contributed by atoms with E-state index in [1.807, 2.05) is 0 Å². The van der Waals surface area contributed by atoms with Gasteiger partial charge in [0.1, 0.15) is 6.61 Å². The first-order valence-corrected chi connectivity index (χ1v) is 11.2. The van der Waals surface area contributed by atoms with Crippen LogP contribution in [0.5, 0.6) is 5.75 Å². The van der Waals surface area contributed by atoms with Crippen LogP contribution in [0, 0.1) is 0 Å². The highest BCUT2D eigenvalue weighted by Gasteiger charge is 2.33. The van der Waals surface area contributed by atoms with E-state index in [-0.39, 0.29) is 36.2 Å². The highest BCUT2D eigenvalue weighted by Crippen LogP contribution is 2.28. The Hall–Kier alpha value is -2.03. The summed E-state index contributed by atoms with van der Waals surface area (Å²) >= 11 is 12.3. The average molecular weight is 444 g/mol. The second kappa shape index (κ2) is 8.14. The number of anilines is 1. The number of likely N-dealkylation sites (tertiary alicyclic amines) is 1. The van der Waals surface area contributed by atoms with Crippen LogP contribution in [0.3, 0.4) is 0 Å². The van der Waals surface area contributed by atoms with Crippen molar-refractivity contribution >= 4 is 44.8 Å². The number of amides is 1. The number of carbonyl (C=O) groups excluding carboxylic acids is 1. The van der Waals surface area contributed by atoms with Gasteiger partial charge in [0.15, 0.2) is 21.4 Å². The Morgan fingerprint density at radius 1 is 1.36 bits per heavy atom. The first kappa shape index (κ1) is 20.7. The molecule has 0 aliphatic carbocycles. The molecule has 10 heteroatoms. The van der Waals surface area contributed by atoms with Gasteiger partial charge in [0, 0.05) is 41.2 Å². The molecule has 7 nitrogen and oxygen atoms in total. The first-order valence-electron chi connectivity index (χ1n) is 8.46. The monoisotopic (exact) mass is 443 g/mol. The van der Waals surface area contributed by atoms with Crippen molar-refractivity contribution in [3.8, 4) is 5.75 Å². The molecule has 0 radical (unpaired) electrons. The summed E-state index contributed by atoms with van der Waals surface area (Å²) in [5, 5.41) is 0.363. The van der Waals surface area contributed by atoms with Crippen molar-refractivity contribution in [3.05, 3.63) is 51.6 Å². The number of nitrogen functional groups attached to an aromatic ring is 1. The van der Waals surface area contributed by atoms with Crippen LogP contribution in [-0.4, -0.2) is 48.8 Å². The van der Waals surface area contributed by atoms with Crippen LogP contribution in [-0.2, 0) is 16.4 Å². The Morgan fingerprint density at radius 3 is 2.64 bits per heavy atom. The van der Waals surface area contributed by atoms with E-state index in [2.05, 4.69) is 4.98 Å². The fourth-order valence-corrected chi connectivity index (χ4v) is 4.44. The molecule has 2 N–H and O–H groups in total. The molecule has 1 aromatic heterocycles. The molecule has 1 aromatic carbocycles. The molecule has 1 saturated heterocycles. The van der Waals surface area contributed by atoms with Gasteiger partial charge in [0.25, 0.3) is 5.91 Å². The van der Waals surface area contributed by atoms with E-state index in [4.69, 9.17) is 33.7 Å². The van der Waals surface area contributed by atoms with Gasteiger partial charge in [-0.05, 0) is 24.6 Å². The van der Waals surface area contributed by atoms with E-state index in [1.165, 1.54) is 23.4 Å². The summed E-state index contributed by atoms with van der Waals surface area (Å²) in [5.74, 6) is 0.0233. The number of sulfone groups is 1. The van der Waals surface area contributed by atoms with Crippen molar-refractivity contribution in [2.75, 3.05) is 25.1 Å². The number of benzene rings is 1. The van der Waals surface area contributed by atoms with Crippen molar-refractivity contribution in [2.24, 2.45) is 0 Å². The Labute approximate surface area is 173 Å². The first-order chi connectivity index (χ1) is 13.2. The van der Waals surface area contributed by atoms with E-state index in [0.717, 1.165) is 0 Å². The van der Waals surface area contributed by atoms with Gasteiger partial charge >= 0.3 is 0 Å². The number of ether oxygens (including phenoxy) is 1. The molecule has 28 heavy (non-hydrogen) atoms. The molecule has 1 fully saturated rings. The Morgan fingerprint density at radius 2 is 2.04 bits per heavy atom. The Bertz CT molecular complexity index is 994. The van der Waals surface area contributed by atoms with Crippen molar-refractivity contribution < 1.29 is 17.9 Å². The van der Waals surface area contributed by atoms with Crippen LogP contribution in [0.2, 0.25) is 10.0 Å². The van der Waals surface area contributed by atoms with Gasteiger partial charge in [-0.25, -0.2) is 13.4 Å². The number of hydrogen-bond acceptors (Lipinski definition) is 6. The lowest BCUT2D eigenvalue weighted by Crippen LogP contribution is -2.31. The maximum atomic E-state index is 12.7. The molecule has 1 amide bonds. The van der Waals surface area contributed by atoms with Gasteiger partial charge in [-0.2, -0.15) is 0 Å². The van der Waals surface area contributed by atoms with Crippen molar-refractivity contribution in [2.45, 2.75) is 18.3 Å². The number of aromatic nitrogens is 1. The molecule has 150 valence electrons. The van der Waals surface area contributed by atoms with Crippen LogP contribution in [0.25, 0.3) is 0 Å². The third-order valence-electron chi connectivity index (χ3n) is 4.60. The predicted molar refractivity (Wildman–Crippen MR) is 109 cm³/mol. The number of carbonyl (C=O) groups is 1. The number of pyridine rings is 1. The molecule has 0 spiro atoms. The second-order valence-electron chi connectivity index (χ2n) is 6.59. The lowest BCUT2D eigenvalue weighted by molar-refractivity contribution is 0.0792. The minimum Gasteiger partial charge on any atom is -0.485 e. The summed E-state index contributed by atoms with van der Waals surface area (Å²) < 4.78 is 29.1. The number of rotatable bonds is 5. The highest BCUT2D eigenvalue weighted by atomic mass is 35.5. The molecule has 3 rings (SSSR count). The van der Waals surface area contributed by atoms with Crippen LogP contribution in [0.15, 0.2) is 30.5 Å². The summed E-state index contributed by atoms with van der Waals surface area (Å²) in [6.45, 7) is 0.585. The summed E-state index contributed by atoms with van der Waals surface area (Å²) in [7, 11) is -3.19. The average Bonchev–Trinajstić information content (AvgIpc) is 3.12. The molecule has 0 bridgehead atoms. The predicted octanol–water partition coefficient (Wildman–Crippen LogP) is 2.81. The van der Waals surface area contributed by atoms with Gasteiger partial charge in [-0.1, -0.05) is 29.3 Å². The molecule has 1 atom stereocenters. The van der Waals surface area contributed by atoms with E-state index in [1.54, 1.807) is 18.2 Å². The number of nitrogens with two attached hydrogens (primary N) is 1. The summed E-state index contributed by atoms with van der Waals surface area (Å²) in [6.07, 6.45) is 2.95. The zero-order valence-corrected chi connectivity index (χ0v) is 17.4. The van der Waals surface area contributed by atoms with E-state index < -0.39 is 15.1 Å². The van der Waals surface area contributed by atoms with Gasteiger partial charge in [-0.3, -0.25) is 4.79 Å². The van der Waals surface area contributed by atoms with Gasteiger partial charge < -0.3 is 15.4 Å². The largest absolute Gasteiger partial charge is 0.485 e. The van der Waals surface area contributed by atoms with Crippen molar-refractivity contribution in [1.82, 2.24) is 9.88 Å². The smallest absolute Gasteiger partial charge is 0.255 e. The van der Waals surface area contributed by atoms with E-state index in [0.29, 0.717) is 28.6 Å². The number of halogens is 2. The maximum Gasteiger partial charge on any atom is 0.255 e. The minimum absolute atomic E-state index is 0.0574. The highest BCUT2D eigenvalue weighted by molar-refractivity contribution is 7.91. The zero-order chi connectivity index (χ0) is 20.5. The normalized spacial score (nSPS) is 17.0. The zero-order valence-electron chi connectivity index (χ0n) is 15.1. The molecule has 2 heterocycles. The molecular formula is C18H19Cl2N3O4S. The lowest BCUT2D eigenvalue weighted by atomic mass is 10.2. The maximum absolute atomic E-state index is 12.7. The third kappa shape index (κ3) is 4.51. The summed E-state index contributed by atoms with van der Waals surface area (Å²) in [4.78, 5) is 18.2. The fraction of sp³-hybridized carbons (Fsp3) is 0.333. The molecular weight excluding hydrogens is 425 g/mol. The Balaban J connectivity index is 1.75. The Kier molecular flexibility index (Phi) is 6.02. The SMILES string of the molecule is CS(=O)(=O)C1CCN(C(=O)c2cnc(N)c(OCc3c(Cl)cccc3Cl)c2)C1. The second-order valence-corrected chi connectivity index (χ2v) is 9.73. The quantitative estimate of drug-likeness (QED) is 0.761. The minimum atomic E-state index is -3.19. The van der Waals surface area contributed by atoms with Crippen LogP contribution in [0.4, 0.5) is 5.82 Å². The van der Waals surface area contributed by atoms with Crippen LogP contribution in [0.1, 0.15) is 22.3 Å². The number of nitrogens with zero attached hydrogens (tertiary/aromatic N) is 2. The summed E-state index contributed by atoms with van der Waals surface area (Å²) in [6, 6.07) is 6.60. The number of hydrogen-bond donors (Lipinski definition) is 1. The topological polar surface area (TPSA) is 103 Å². The van der Waals surface area contributed by atoms with Gasteiger partial charge in [0.05, 0.1) is 10.8 Å². The standard InChI is InChI=1S/C18H19Cl2N3O4S/c1-28(25,26)12-5-6-23(9-12)18(24)11-7-16(17(21)22-8-11)27-10-13-14(19)3-2-4-15(13)20/h2-4,7-8,12H,5-6,9-10H2,1H3,(H2,21,22). The summed E-state index contributed by atoms with van der Waals surface area (Å²) in [5.41, 5.74) is 6.72. The van der Waals surface area contributed by atoms with Crippen molar-refractivity contribution in [1.29, 1.82) is 0 Å². The van der Waals surface area contributed by atoms with Gasteiger partial charge in [-0.15, -0.1) is 0 Å². The third-order valence-corrected chi connectivity index (χ3v) is 6.90. The van der Waals surface area contributed by atoms with E-state index >= 15 is 0 Å². The van der Waals surface area contributed by atoms with Gasteiger partial charge in [0.2, 0.25) is 0 Å². The van der Waals surface area contributed by atoms with E-state index in [9.17, 15) is 13.2 Å². The fourth-order valence-electron chi connectivity index (χ4n) is 2.95. The lowest BCUT2D eigenvalue weighted by Gasteiger charge is -2.17. The molecule has 1 aliphatic heterocycles. The molecule has 2 aromatic rings.